The summed E-state index contributed by atoms with van der Waals surface area (Å²) in [6.45, 7) is 2.39. The molecule has 1 N–H and O–H groups in total. The smallest absolute Gasteiger partial charge is 0.318 e. The third-order valence-corrected chi connectivity index (χ3v) is 8.85. The maximum atomic E-state index is 13.5. The number of carbonyl (C=O) groups is 1. The number of hydrogen-bond donors (Lipinski definition) is 1. The zero-order valence-corrected chi connectivity index (χ0v) is 20.8. The Morgan fingerprint density at radius 2 is 1.78 bits per heavy atom. The first-order chi connectivity index (χ1) is 17.5. The van der Waals surface area contributed by atoms with Gasteiger partial charge in [-0.1, -0.05) is 41.9 Å². The standard InChI is InChI=1S/C29H28ClN5O/c30-23-8-6-22(7-9-23)29(10-3-11-29)32-27(36)34-14-12-28(19-34)13-15-35-26(28)17-25(33-35)21-16-20-4-1-2-5-24(20)31-18-21/h1-2,4-9,16-18H,3,10-15,19H2,(H,32,36). The molecule has 1 aliphatic carbocycles. The molecule has 1 atom stereocenters. The molecule has 3 aliphatic rings. The molecule has 1 spiro atoms. The normalized spacial score (nSPS) is 22.1. The number of amides is 2. The zero-order chi connectivity index (χ0) is 24.3. The number of aryl methyl sites for hydroxylation is 1. The number of carbonyl (C=O) groups excluding carboxylic acids is 1. The van der Waals surface area contributed by atoms with E-state index in [0.717, 1.165) is 84.5 Å². The average molecular weight is 498 g/mol. The molecule has 2 fully saturated rings. The Kier molecular flexibility index (Phi) is 4.90. The van der Waals surface area contributed by atoms with E-state index in [4.69, 9.17) is 16.7 Å². The molecule has 4 aromatic rings. The topological polar surface area (TPSA) is 63.1 Å². The van der Waals surface area contributed by atoms with E-state index in [0.29, 0.717) is 0 Å². The van der Waals surface area contributed by atoms with Crippen LogP contribution in [0.4, 0.5) is 4.79 Å². The number of halogens is 1. The van der Waals surface area contributed by atoms with E-state index in [1.807, 2.05) is 53.6 Å². The highest BCUT2D eigenvalue weighted by Crippen LogP contribution is 2.45. The Bertz CT molecular complexity index is 1470. The molecule has 2 aromatic heterocycles. The maximum Gasteiger partial charge on any atom is 0.318 e. The van der Waals surface area contributed by atoms with E-state index in [2.05, 4.69) is 33.2 Å². The fourth-order valence-corrected chi connectivity index (χ4v) is 6.47. The summed E-state index contributed by atoms with van der Waals surface area (Å²) < 4.78 is 2.15. The first kappa shape index (κ1) is 21.9. The summed E-state index contributed by atoms with van der Waals surface area (Å²) in [6, 6.07) is 20.5. The molecule has 1 saturated heterocycles. The van der Waals surface area contributed by atoms with E-state index >= 15 is 0 Å². The molecule has 1 unspecified atom stereocenters. The molecular weight excluding hydrogens is 470 g/mol. The Balaban J connectivity index is 1.11. The van der Waals surface area contributed by atoms with Crippen LogP contribution in [0.15, 0.2) is 66.9 Å². The fraction of sp³-hybridized carbons (Fsp3) is 0.345. The number of benzene rings is 2. The summed E-state index contributed by atoms with van der Waals surface area (Å²) in [7, 11) is 0. The van der Waals surface area contributed by atoms with Crippen LogP contribution in [0.1, 0.15) is 43.4 Å². The monoisotopic (exact) mass is 497 g/mol. The number of hydrogen-bond acceptors (Lipinski definition) is 3. The van der Waals surface area contributed by atoms with Crippen molar-refractivity contribution in [1.82, 2.24) is 25.0 Å². The lowest BCUT2D eigenvalue weighted by atomic mass is 9.72. The number of urea groups is 1. The SMILES string of the molecule is O=C(NC1(c2ccc(Cl)cc2)CCC1)N1CCC2(CCn3nc(-c4cnc5ccccc5c4)cc32)C1. The van der Waals surface area contributed by atoms with Crippen molar-refractivity contribution >= 4 is 28.5 Å². The molecule has 36 heavy (non-hydrogen) atoms. The van der Waals surface area contributed by atoms with E-state index < -0.39 is 0 Å². The van der Waals surface area contributed by atoms with Gasteiger partial charge in [-0.3, -0.25) is 9.67 Å². The molecule has 6 nitrogen and oxygen atoms in total. The number of fused-ring (bicyclic) bond motifs is 3. The third kappa shape index (κ3) is 3.42. The summed E-state index contributed by atoms with van der Waals surface area (Å²) >= 11 is 6.10. The van der Waals surface area contributed by atoms with Gasteiger partial charge in [-0.05, 0) is 68.0 Å². The van der Waals surface area contributed by atoms with Crippen molar-refractivity contribution in [2.75, 3.05) is 13.1 Å². The van der Waals surface area contributed by atoms with Gasteiger partial charge in [0.05, 0.1) is 16.7 Å². The van der Waals surface area contributed by atoms with Gasteiger partial charge in [0.1, 0.15) is 0 Å². The van der Waals surface area contributed by atoms with Crippen LogP contribution < -0.4 is 5.32 Å². The van der Waals surface area contributed by atoms with Gasteiger partial charge >= 0.3 is 6.03 Å². The highest BCUT2D eigenvalue weighted by Gasteiger charge is 2.48. The summed E-state index contributed by atoms with van der Waals surface area (Å²) in [5, 5.41) is 10.2. The Morgan fingerprint density at radius 1 is 0.972 bits per heavy atom. The minimum absolute atomic E-state index is 0.0279. The molecule has 2 aliphatic heterocycles. The first-order valence-corrected chi connectivity index (χ1v) is 13.2. The van der Waals surface area contributed by atoms with Crippen molar-refractivity contribution in [3.63, 3.8) is 0 Å². The van der Waals surface area contributed by atoms with Crippen molar-refractivity contribution in [2.24, 2.45) is 0 Å². The molecule has 182 valence electrons. The largest absolute Gasteiger partial charge is 0.328 e. The van der Waals surface area contributed by atoms with Crippen molar-refractivity contribution in [1.29, 1.82) is 0 Å². The van der Waals surface area contributed by atoms with E-state index in [9.17, 15) is 4.79 Å². The molecule has 2 aromatic carbocycles. The van der Waals surface area contributed by atoms with E-state index in [1.54, 1.807) is 0 Å². The molecule has 2 amide bonds. The Hall–Kier alpha value is -3.38. The van der Waals surface area contributed by atoms with Crippen molar-refractivity contribution in [3.8, 4) is 11.3 Å². The number of rotatable bonds is 3. The highest BCUT2D eigenvalue weighted by atomic mass is 35.5. The Morgan fingerprint density at radius 3 is 2.58 bits per heavy atom. The lowest BCUT2D eigenvalue weighted by molar-refractivity contribution is 0.154. The van der Waals surface area contributed by atoms with Gasteiger partial charge < -0.3 is 10.2 Å². The maximum absolute atomic E-state index is 13.5. The molecule has 7 heteroatoms. The minimum atomic E-state index is -0.273. The summed E-state index contributed by atoms with van der Waals surface area (Å²) in [5.41, 5.74) is 5.08. The summed E-state index contributed by atoms with van der Waals surface area (Å²) in [4.78, 5) is 20.1. The number of likely N-dealkylation sites (tertiary alicyclic amines) is 1. The molecule has 0 bridgehead atoms. The second-order valence-corrected chi connectivity index (χ2v) is 11.1. The number of pyridine rings is 1. The van der Waals surface area contributed by atoms with Gasteiger partial charge in [-0.15, -0.1) is 0 Å². The summed E-state index contributed by atoms with van der Waals surface area (Å²) in [5.74, 6) is 0. The zero-order valence-electron chi connectivity index (χ0n) is 20.1. The van der Waals surface area contributed by atoms with Gasteiger partial charge in [-0.25, -0.2) is 4.79 Å². The van der Waals surface area contributed by atoms with E-state index in [1.165, 1.54) is 5.69 Å². The first-order valence-electron chi connectivity index (χ1n) is 12.8. The molecule has 1 saturated carbocycles. The average Bonchev–Trinajstić information content (AvgIpc) is 3.58. The molecule has 4 heterocycles. The van der Waals surface area contributed by atoms with Crippen LogP contribution in [-0.2, 0) is 17.5 Å². The van der Waals surface area contributed by atoms with Crippen LogP contribution in [0.2, 0.25) is 5.02 Å². The second-order valence-electron chi connectivity index (χ2n) is 10.6. The predicted octanol–water partition coefficient (Wildman–Crippen LogP) is 5.89. The molecule has 0 radical (unpaired) electrons. The van der Waals surface area contributed by atoms with Crippen molar-refractivity contribution in [2.45, 2.75) is 49.6 Å². The van der Waals surface area contributed by atoms with Gasteiger partial charge in [0.2, 0.25) is 0 Å². The van der Waals surface area contributed by atoms with Crippen LogP contribution in [0.3, 0.4) is 0 Å². The highest BCUT2D eigenvalue weighted by molar-refractivity contribution is 6.30. The molecular formula is C29H28ClN5O. The van der Waals surface area contributed by atoms with Crippen molar-refractivity contribution < 1.29 is 4.79 Å². The number of aromatic nitrogens is 3. The minimum Gasteiger partial charge on any atom is -0.328 e. The van der Waals surface area contributed by atoms with Gasteiger partial charge in [0, 0.05) is 52.9 Å². The number of nitrogens with zero attached hydrogens (tertiary/aromatic N) is 4. The third-order valence-electron chi connectivity index (χ3n) is 8.60. The predicted molar refractivity (Wildman–Crippen MR) is 141 cm³/mol. The van der Waals surface area contributed by atoms with Crippen molar-refractivity contribution in [3.05, 3.63) is 83.1 Å². The van der Waals surface area contributed by atoms with Gasteiger partial charge in [-0.2, -0.15) is 5.10 Å². The number of para-hydroxylation sites is 1. The van der Waals surface area contributed by atoms with Crippen LogP contribution in [-0.4, -0.2) is 38.8 Å². The van der Waals surface area contributed by atoms with Gasteiger partial charge in [0.25, 0.3) is 0 Å². The van der Waals surface area contributed by atoms with Crippen LogP contribution in [0.25, 0.3) is 22.2 Å². The Labute approximate surface area is 215 Å². The molecule has 7 rings (SSSR count). The lowest BCUT2D eigenvalue weighted by Crippen LogP contribution is -2.54. The number of nitrogens with one attached hydrogen (secondary N) is 1. The van der Waals surface area contributed by atoms with Crippen LogP contribution in [0, 0.1) is 0 Å². The summed E-state index contributed by atoms with van der Waals surface area (Å²) in [6.07, 6.45) is 6.96. The second kappa shape index (κ2) is 8.07. The fourth-order valence-electron chi connectivity index (χ4n) is 6.34. The van der Waals surface area contributed by atoms with Crippen LogP contribution >= 0.6 is 11.6 Å². The lowest BCUT2D eigenvalue weighted by Gasteiger charge is -2.44. The van der Waals surface area contributed by atoms with Crippen LogP contribution in [0.5, 0.6) is 0 Å². The van der Waals surface area contributed by atoms with Gasteiger partial charge in [0.15, 0.2) is 0 Å². The van der Waals surface area contributed by atoms with E-state index in [-0.39, 0.29) is 17.0 Å². The quantitative estimate of drug-likeness (QED) is 0.384.